The molecule has 0 radical (unpaired) electrons. The van der Waals surface area contributed by atoms with Crippen molar-refractivity contribution in [2.75, 3.05) is 0 Å². The predicted molar refractivity (Wildman–Crippen MR) is 196 cm³/mol. The van der Waals surface area contributed by atoms with Crippen LogP contribution in [-0.4, -0.2) is 0 Å². The molecule has 0 aliphatic carbocycles. The van der Waals surface area contributed by atoms with Crippen LogP contribution in [0.15, 0.2) is 167 Å². The highest BCUT2D eigenvalue weighted by molar-refractivity contribution is 9.13. The summed E-state index contributed by atoms with van der Waals surface area (Å²) >= 11 is 7.95. The van der Waals surface area contributed by atoms with E-state index in [-0.39, 0.29) is 0 Å². The molecule has 0 bridgehead atoms. The van der Waals surface area contributed by atoms with Gasteiger partial charge in [-0.3, -0.25) is 0 Å². The third-order valence-electron chi connectivity index (χ3n) is 8.58. The van der Waals surface area contributed by atoms with Crippen molar-refractivity contribution in [3.63, 3.8) is 0 Å². The van der Waals surface area contributed by atoms with Crippen LogP contribution < -0.4 is 0 Å². The second kappa shape index (κ2) is 11.2. The van der Waals surface area contributed by atoms with E-state index in [4.69, 9.17) is 0 Å². The molecule has 0 saturated heterocycles. The first kappa shape index (κ1) is 27.1. The maximum atomic E-state index is 4.07. The Labute approximate surface area is 273 Å². The minimum Gasteiger partial charge on any atom is -0.0622 e. The van der Waals surface area contributed by atoms with Gasteiger partial charge in [-0.1, -0.05) is 152 Å². The lowest BCUT2D eigenvalue weighted by atomic mass is 9.76. The highest BCUT2D eigenvalue weighted by Gasteiger charge is 2.27. The fraction of sp³-hybridized carbons (Fsp3) is 0. The third kappa shape index (κ3) is 4.32. The van der Waals surface area contributed by atoms with Crippen LogP contribution in [0.4, 0.5) is 0 Å². The molecule has 8 aromatic rings. The smallest absolute Gasteiger partial charge is 0.0402 e. The van der Waals surface area contributed by atoms with E-state index >= 15 is 0 Å². The summed E-state index contributed by atoms with van der Waals surface area (Å²) < 4.78 is 2.10. The number of benzene rings is 8. The van der Waals surface area contributed by atoms with Gasteiger partial charge >= 0.3 is 0 Å². The SMILES string of the molecule is Brc1ccc2c3ccccc3c3c(-c4ccccc4)c(-c4ccccc4)c(-c4ccccc4)c(-c4ccccc4)c3c2c1Br. The molecule has 0 spiro atoms. The number of hydrogen-bond donors (Lipinski definition) is 0. The number of halogens is 2. The van der Waals surface area contributed by atoms with E-state index in [2.05, 4.69) is 190 Å². The van der Waals surface area contributed by atoms with E-state index in [0.29, 0.717) is 0 Å². The van der Waals surface area contributed by atoms with Crippen molar-refractivity contribution in [3.05, 3.63) is 167 Å². The standard InChI is InChI=1S/C42H26Br2/c43-34-26-25-33-31-23-13-14-24-32(31)39-37(29-19-9-3-10-20-29)35(27-15-5-1-6-16-27)36(28-17-7-2-8-18-28)38(30-21-11-4-12-22-30)41(39)40(33)42(34)44/h1-26H. The zero-order valence-corrected chi connectivity index (χ0v) is 26.9. The van der Waals surface area contributed by atoms with E-state index in [1.165, 1.54) is 76.8 Å². The molecule has 0 heterocycles. The second-order valence-corrected chi connectivity index (χ2v) is 12.7. The summed E-state index contributed by atoms with van der Waals surface area (Å²) in [5, 5.41) is 7.43. The lowest BCUT2D eigenvalue weighted by molar-refractivity contribution is 1.57. The first-order chi connectivity index (χ1) is 21.7. The zero-order chi connectivity index (χ0) is 29.6. The minimum atomic E-state index is 1.04. The van der Waals surface area contributed by atoms with Gasteiger partial charge in [-0.05, 0) is 104 Å². The van der Waals surface area contributed by atoms with E-state index < -0.39 is 0 Å². The third-order valence-corrected chi connectivity index (χ3v) is 10.6. The molecule has 0 unspecified atom stereocenters. The van der Waals surface area contributed by atoms with Crippen molar-refractivity contribution in [1.82, 2.24) is 0 Å². The van der Waals surface area contributed by atoms with Gasteiger partial charge in [-0.15, -0.1) is 0 Å². The molecule has 208 valence electrons. The Balaban J connectivity index is 1.81. The molecular weight excluding hydrogens is 664 g/mol. The summed E-state index contributed by atoms with van der Waals surface area (Å²) in [6, 6.07) is 57.0. The van der Waals surface area contributed by atoms with Gasteiger partial charge in [-0.25, -0.2) is 0 Å². The van der Waals surface area contributed by atoms with Crippen molar-refractivity contribution in [2.45, 2.75) is 0 Å². The fourth-order valence-electron chi connectivity index (χ4n) is 6.80. The summed E-state index contributed by atoms with van der Waals surface area (Å²) in [5.41, 5.74) is 9.73. The molecule has 0 amide bonds. The molecule has 0 nitrogen and oxygen atoms in total. The van der Waals surface area contributed by atoms with E-state index in [0.717, 1.165) is 8.95 Å². The Hall–Kier alpha value is -4.50. The Morgan fingerprint density at radius 2 is 0.636 bits per heavy atom. The first-order valence-corrected chi connectivity index (χ1v) is 16.3. The van der Waals surface area contributed by atoms with Crippen molar-refractivity contribution in [3.8, 4) is 44.5 Å². The second-order valence-electron chi connectivity index (χ2n) is 11.0. The van der Waals surface area contributed by atoms with Crippen LogP contribution in [0.3, 0.4) is 0 Å². The van der Waals surface area contributed by atoms with Crippen molar-refractivity contribution >= 4 is 64.2 Å². The van der Waals surface area contributed by atoms with Gasteiger partial charge in [0.25, 0.3) is 0 Å². The monoisotopic (exact) mass is 688 g/mol. The maximum Gasteiger partial charge on any atom is 0.0402 e. The van der Waals surface area contributed by atoms with Gasteiger partial charge in [0.05, 0.1) is 0 Å². The molecule has 8 aromatic carbocycles. The number of hydrogen-bond acceptors (Lipinski definition) is 0. The molecule has 0 atom stereocenters. The molecule has 2 heteroatoms. The van der Waals surface area contributed by atoms with Gasteiger partial charge in [0.15, 0.2) is 0 Å². The van der Waals surface area contributed by atoms with Crippen molar-refractivity contribution in [2.24, 2.45) is 0 Å². The van der Waals surface area contributed by atoms with Gasteiger partial charge in [0.1, 0.15) is 0 Å². The molecule has 0 aliphatic heterocycles. The van der Waals surface area contributed by atoms with Crippen LogP contribution in [-0.2, 0) is 0 Å². The van der Waals surface area contributed by atoms with Gasteiger partial charge in [0.2, 0.25) is 0 Å². The van der Waals surface area contributed by atoms with Crippen LogP contribution in [0.2, 0.25) is 0 Å². The largest absolute Gasteiger partial charge is 0.0622 e. The van der Waals surface area contributed by atoms with Gasteiger partial charge in [0, 0.05) is 19.7 Å². The first-order valence-electron chi connectivity index (χ1n) is 14.8. The van der Waals surface area contributed by atoms with Gasteiger partial charge in [-0.2, -0.15) is 0 Å². The number of rotatable bonds is 4. The molecular formula is C42H26Br2. The average molecular weight is 690 g/mol. The van der Waals surface area contributed by atoms with Crippen LogP contribution in [0.1, 0.15) is 0 Å². The van der Waals surface area contributed by atoms with E-state index in [1.54, 1.807) is 0 Å². The van der Waals surface area contributed by atoms with Gasteiger partial charge < -0.3 is 0 Å². The topological polar surface area (TPSA) is 0 Å². The van der Waals surface area contributed by atoms with Crippen LogP contribution in [0.5, 0.6) is 0 Å². The quantitative estimate of drug-likeness (QED) is 0.161. The Morgan fingerprint density at radius 3 is 1.11 bits per heavy atom. The molecule has 0 saturated carbocycles. The summed E-state index contributed by atoms with van der Waals surface area (Å²) in [4.78, 5) is 0. The zero-order valence-electron chi connectivity index (χ0n) is 23.8. The highest BCUT2D eigenvalue weighted by atomic mass is 79.9. The van der Waals surface area contributed by atoms with Crippen LogP contribution in [0.25, 0.3) is 76.8 Å². The van der Waals surface area contributed by atoms with Crippen LogP contribution >= 0.6 is 31.9 Å². The number of fused-ring (bicyclic) bond motifs is 6. The molecule has 0 fully saturated rings. The molecule has 44 heavy (non-hydrogen) atoms. The average Bonchev–Trinajstić information content (AvgIpc) is 3.10. The van der Waals surface area contributed by atoms with E-state index in [1.807, 2.05) is 0 Å². The fourth-order valence-corrected chi connectivity index (χ4v) is 7.67. The van der Waals surface area contributed by atoms with Crippen molar-refractivity contribution < 1.29 is 0 Å². The Morgan fingerprint density at radius 1 is 0.273 bits per heavy atom. The summed E-state index contributed by atoms with van der Waals surface area (Å²) in [5.74, 6) is 0. The van der Waals surface area contributed by atoms with Crippen LogP contribution in [0, 0.1) is 0 Å². The Kier molecular flexibility index (Phi) is 6.90. The summed E-state index contributed by atoms with van der Waals surface area (Å²) in [7, 11) is 0. The minimum absolute atomic E-state index is 1.04. The molecule has 0 aromatic heterocycles. The molecule has 0 N–H and O–H groups in total. The normalized spacial score (nSPS) is 11.4. The Bertz CT molecular complexity index is 2310. The highest BCUT2D eigenvalue weighted by Crippen LogP contribution is 2.55. The summed E-state index contributed by atoms with van der Waals surface area (Å²) in [6.45, 7) is 0. The molecule has 8 rings (SSSR count). The lowest BCUT2D eigenvalue weighted by Gasteiger charge is -2.27. The molecule has 0 aliphatic rings. The predicted octanol–water partition coefficient (Wildman–Crippen LogP) is 13.3. The van der Waals surface area contributed by atoms with Crippen molar-refractivity contribution in [1.29, 1.82) is 0 Å². The summed E-state index contributed by atoms with van der Waals surface area (Å²) in [6.07, 6.45) is 0. The van der Waals surface area contributed by atoms with E-state index in [9.17, 15) is 0 Å². The maximum absolute atomic E-state index is 4.07. The lowest BCUT2D eigenvalue weighted by Crippen LogP contribution is -1.99.